The average molecular weight is 487 g/mol. The number of carbonyl (C=O) groups excluding carboxylic acids is 3. The molecular weight excluding hydrogens is 451 g/mol. The highest BCUT2D eigenvalue weighted by Gasteiger charge is 2.28. The number of benzene rings is 2. The average Bonchev–Trinajstić information content (AvgIpc) is 2.73. The highest BCUT2D eigenvalue weighted by molar-refractivity contribution is 5.97. The van der Waals surface area contributed by atoms with Gasteiger partial charge in [-0.25, -0.2) is 9.18 Å². The van der Waals surface area contributed by atoms with Gasteiger partial charge in [0.1, 0.15) is 23.1 Å². The number of ether oxygens (including phenoxy) is 2. The fourth-order valence-corrected chi connectivity index (χ4v) is 3.11. The molecule has 2 aromatic carbocycles. The zero-order valence-corrected chi connectivity index (χ0v) is 21.2. The first-order valence-corrected chi connectivity index (χ1v) is 11.6. The molecule has 0 fully saturated rings. The fraction of sp³-hybridized carbons (Fsp3) is 0.444. The number of anilines is 1. The van der Waals surface area contributed by atoms with Crippen LogP contribution in [0.5, 0.6) is 0 Å². The smallest absolute Gasteiger partial charge is 0.329 e. The largest absolute Gasteiger partial charge is 0.460 e. The Kier molecular flexibility index (Phi) is 9.40. The molecule has 0 aliphatic carbocycles. The van der Waals surface area contributed by atoms with Crippen molar-refractivity contribution in [2.45, 2.75) is 78.2 Å². The third-order valence-corrected chi connectivity index (χ3v) is 4.61. The van der Waals surface area contributed by atoms with Gasteiger partial charge >= 0.3 is 11.9 Å². The molecule has 0 heterocycles. The molecule has 190 valence electrons. The van der Waals surface area contributed by atoms with Crippen molar-refractivity contribution in [3.63, 3.8) is 0 Å². The molecule has 0 saturated carbocycles. The van der Waals surface area contributed by atoms with Crippen molar-refractivity contribution in [3.8, 4) is 0 Å². The van der Waals surface area contributed by atoms with Crippen LogP contribution in [0.4, 0.5) is 10.1 Å². The minimum absolute atomic E-state index is 0.0191. The summed E-state index contributed by atoms with van der Waals surface area (Å²) >= 11 is 0. The molecule has 0 unspecified atom stereocenters. The van der Waals surface area contributed by atoms with Gasteiger partial charge in [-0.2, -0.15) is 0 Å². The Labute approximate surface area is 206 Å². The molecule has 2 N–H and O–H groups in total. The lowest BCUT2D eigenvalue weighted by Gasteiger charge is -2.25. The second-order valence-electron chi connectivity index (χ2n) is 10.2. The number of amides is 1. The number of esters is 2. The number of halogens is 1. The maximum atomic E-state index is 14.6. The number of hydrogen-bond donors (Lipinski definition) is 2. The van der Waals surface area contributed by atoms with Crippen molar-refractivity contribution >= 4 is 23.5 Å². The third-order valence-electron chi connectivity index (χ3n) is 4.61. The Balaban J connectivity index is 2.08. The van der Waals surface area contributed by atoms with Crippen molar-refractivity contribution in [2.75, 3.05) is 5.32 Å². The quantitative estimate of drug-likeness (QED) is 0.485. The molecule has 0 aliphatic rings. The third kappa shape index (κ3) is 10.2. The number of hydrogen-bond acceptors (Lipinski definition) is 6. The molecule has 1 atom stereocenters. The summed E-state index contributed by atoms with van der Waals surface area (Å²) in [5, 5.41) is 5.57. The Hall–Kier alpha value is -3.42. The molecule has 0 bridgehead atoms. The van der Waals surface area contributed by atoms with Crippen molar-refractivity contribution in [2.24, 2.45) is 0 Å². The summed E-state index contributed by atoms with van der Waals surface area (Å²) in [6.07, 6.45) is -0.118. The fourth-order valence-electron chi connectivity index (χ4n) is 3.11. The van der Waals surface area contributed by atoms with Gasteiger partial charge in [-0.3, -0.25) is 9.59 Å². The summed E-state index contributed by atoms with van der Waals surface area (Å²) in [5.41, 5.74) is -0.184. The zero-order chi connectivity index (χ0) is 26.2. The first kappa shape index (κ1) is 27.8. The van der Waals surface area contributed by atoms with E-state index in [0.717, 1.165) is 11.6 Å². The van der Waals surface area contributed by atoms with E-state index >= 15 is 0 Å². The van der Waals surface area contributed by atoms with Crippen molar-refractivity contribution in [1.29, 1.82) is 0 Å². The summed E-state index contributed by atoms with van der Waals surface area (Å²) < 4.78 is 25.3. The summed E-state index contributed by atoms with van der Waals surface area (Å²) in [5.74, 6) is -2.44. The Morgan fingerprint density at radius 3 is 2.11 bits per heavy atom. The molecule has 0 saturated heterocycles. The molecule has 7 nitrogen and oxygen atoms in total. The number of carbonyl (C=O) groups is 3. The van der Waals surface area contributed by atoms with E-state index < -0.39 is 40.9 Å². The minimum atomic E-state index is -1.10. The minimum Gasteiger partial charge on any atom is -0.460 e. The summed E-state index contributed by atoms with van der Waals surface area (Å²) in [4.78, 5) is 37.6. The molecule has 8 heteroatoms. The van der Waals surface area contributed by atoms with Gasteiger partial charge in [-0.1, -0.05) is 30.3 Å². The van der Waals surface area contributed by atoms with Crippen LogP contribution >= 0.6 is 0 Å². The van der Waals surface area contributed by atoms with Crippen LogP contribution in [0.3, 0.4) is 0 Å². The molecule has 0 aromatic heterocycles. The number of nitrogens with one attached hydrogen (secondary N) is 2. The Morgan fingerprint density at radius 1 is 0.914 bits per heavy atom. The monoisotopic (exact) mass is 486 g/mol. The lowest BCUT2D eigenvalue weighted by molar-refractivity contribution is -0.158. The van der Waals surface area contributed by atoms with E-state index in [1.54, 1.807) is 41.5 Å². The predicted octanol–water partition coefficient (Wildman–Crippen LogP) is 5.00. The SMILES string of the molecule is CC(C)(C)OC(=O)CC[C@@H](NC(=O)c1ccc(NCc2ccccc2)c(F)c1)C(=O)OC(C)(C)C. The molecule has 2 rings (SSSR count). The lowest BCUT2D eigenvalue weighted by atomic mass is 10.1. The molecule has 0 radical (unpaired) electrons. The van der Waals surface area contributed by atoms with E-state index in [0.29, 0.717) is 6.54 Å². The van der Waals surface area contributed by atoms with Crippen LogP contribution in [0.15, 0.2) is 48.5 Å². The maximum Gasteiger partial charge on any atom is 0.329 e. The van der Waals surface area contributed by atoms with E-state index in [-0.39, 0.29) is 24.1 Å². The molecule has 0 spiro atoms. The first-order valence-electron chi connectivity index (χ1n) is 11.6. The molecule has 1 amide bonds. The highest BCUT2D eigenvalue weighted by Crippen LogP contribution is 2.18. The lowest BCUT2D eigenvalue weighted by Crippen LogP contribution is -2.44. The van der Waals surface area contributed by atoms with Crippen LogP contribution in [-0.4, -0.2) is 35.1 Å². The van der Waals surface area contributed by atoms with Crippen LogP contribution in [0, 0.1) is 5.82 Å². The second kappa shape index (κ2) is 11.8. The molecule has 0 aliphatic heterocycles. The molecular formula is C27H35FN2O5. The van der Waals surface area contributed by atoms with Crippen molar-refractivity contribution < 1.29 is 28.2 Å². The standard InChI is InChI=1S/C27H35FN2O5/c1-26(2,3)34-23(31)15-14-22(25(33)35-27(4,5)6)30-24(32)19-12-13-21(20(28)16-19)29-17-18-10-8-7-9-11-18/h7-13,16,22,29H,14-15,17H2,1-6H3,(H,30,32)/t22-/m1/s1. The second-order valence-corrected chi connectivity index (χ2v) is 10.2. The van der Waals surface area contributed by atoms with Crippen LogP contribution < -0.4 is 10.6 Å². The molecule has 35 heavy (non-hydrogen) atoms. The van der Waals surface area contributed by atoms with E-state index in [2.05, 4.69) is 10.6 Å². The van der Waals surface area contributed by atoms with E-state index in [1.165, 1.54) is 12.1 Å². The Morgan fingerprint density at radius 2 is 1.54 bits per heavy atom. The maximum absolute atomic E-state index is 14.6. The van der Waals surface area contributed by atoms with Crippen molar-refractivity contribution in [1.82, 2.24) is 5.32 Å². The van der Waals surface area contributed by atoms with E-state index in [9.17, 15) is 18.8 Å². The van der Waals surface area contributed by atoms with Gasteiger partial charge in [0.15, 0.2) is 0 Å². The predicted molar refractivity (Wildman–Crippen MR) is 132 cm³/mol. The van der Waals surface area contributed by atoms with Crippen LogP contribution in [0.25, 0.3) is 0 Å². The summed E-state index contributed by atoms with van der Waals surface area (Å²) in [7, 11) is 0. The van der Waals surface area contributed by atoms with Crippen molar-refractivity contribution in [3.05, 3.63) is 65.5 Å². The van der Waals surface area contributed by atoms with Crippen LogP contribution in [0.2, 0.25) is 0 Å². The molecule has 2 aromatic rings. The topological polar surface area (TPSA) is 93.7 Å². The van der Waals surface area contributed by atoms with Gasteiger partial charge in [0, 0.05) is 18.5 Å². The summed E-state index contributed by atoms with van der Waals surface area (Å²) in [6.45, 7) is 10.8. The van der Waals surface area contributed by atoms with Crippen LogP contribution in [0.1, 0.15) is 70.3 Å². The zero-order valence-electron chi connectivity index (χ0n) is 21.2. The Bertz CT molecular complexity index is 1030. The number of rotatable bonds is 9. The highest BCUT2D eigenvalue weighted by atomic mass is 19.1. The normalized spacial score (nSPS) is 12.4. The van der Waals surface area contributed by atoms with Gasteiger partial charge in [0.05, 0.1) is 5.69 Å². The van der Waals surface area contributed by atoms with Crippen LogP contribution in [-0.2, 0) is 25.6 Å². The first-order chi connectivity index (χ1) is 16.2. The van der Waals surface area contributed by atoms with Gasteiger partial charge < -0.3 is 20.1 Å². The van der Waals surface area contributed by atoms with E-state index in [1.807, 2.05) is 30.3 Å². The van der Waals surface area contributed by atoms with E-state index in [4.69, 9.17) is 9.47 Å². The summed E-state index contributed by atoms with van der Waals surface area (Å²) in [6, 6.07) is 12.4. The van der Waals surface area contributed by atoms with Gasteiger partial charge in [-0.05, 0) is 71.7 Å². The van der Waals surface area contributed by atoms with Gasteiger partial charge in [0.25, 0.3) is 5.91 Å². The van der Waals surface area contributed by atoms with Gasteiger partial charge in [-0.15, -0.1) is 0 Å². The van der Waals surface area contributed by atoms with Gasteiger partial charge in [0.2, 0.25) is 0 Å².